The quantitative estimate of drug-likeness (QED) is 0.167. The Balaban J connectivity index is 0.941. The van der Waals surface area contributed by atoms with Gasteiger partial charge < -0.3 is 9.47 Å². The summed E-state index contributed by atoms with van der Waals surface area (Å²) in [7, 11) is 0. The smallest absolute Gasteiger partial charge is 0.0726 e. The Morgan fingerprint density at radius 3 is 1.71 bits per heavy atom. The van der Waals surface area contributed by atoms with Crippen LogP contribution in [0.25, 0.3) is 91.8 Å². The minimum atomic E-state index is -0.489. The van der Waals surface area contributed by atoms with Crippen LogP contribution in [0.2, 0.25) is 0 Å². The van der Waals surface area contributed by atoms with Crippen LogP contribution in [0.1, 0.15) is 22.3 Å². The fourth-order valence-electron chi connectivity index (χ4n) is 12.2. The molecule has 316 valence electrons. The SMILES string of the molecule is c1cc(-c2ccc(-n3c4ccccc4c4ccccc43)cc2)cc(N(c2ccc3c(c2)C2(c4ccccc4-c4ccccc42)c2ccc4ccccc4c2-3)c2ccc3sc4ccccc4c3c2)c1. The molecule has 0 N–H and O–H groups in total. The number of aromatic nitrogens is 1. The molecule has 0 amide bonds. The molecule has 0 saturated carbocycles. The van der Waals surface area contributed by atoms with Gasteiger partial charge in [0.05, 0.1) is 16.4 Å². The molecular formula is C65H40N2S. The lowest BCUT2D eigenvalue weighted by atomic mass is 9.70. The molecule has 68 heavy (non-hydrogen) atoms. The largest absolute Gasteiger partial charge is 0.310 e. The van der Waals surface area contributed by atoms with Crippen LogP contribution in [-0.2, 0) is 5.41 Å². The lowest BCUT2D eigenvalue weighted by molar-refractivity contribution is 0.794. The molecule has 1 spiro atoms. The van der Waals surface area contributed by atoms with Gasteiger partial charge in [-0.15, -0.1) is 11.3 Å². The first-order chi connectivity index (χ1) is 33.7. The molecule has 13 aromatic rings. The Morgan fingerprint density at radius 2 is 0.941 bits per heavy atom. The molecule has 15 rings (SSSR count). The molecule has 0 fully saturated rings. The Bertz CT molecular complexity index is 4130. The number of hydrogen-bond donors (Lipinski definition) is 0. The van der Waals surface area contributed by atoms with Crippen molar-refractivity contribution in [1.82, 2.24) is 4.57 Å². The third-order valence-electron chi connectivity index (χ3n) is 15.0. The van der Waals surface area contributed by atoms with Gasteiger partial charge in [-0.2, -0.15) is 0 Å². The average molecular weight is 881 g/mol. The first-order valence-corrected chi connectivity index (χ1v) is 24.3. The van der Waals surface area contributed by atoms with Crippen LogP contribution in [0.5, 0.6) is 0 Å². The van der Waals surface area contributed by atoms with Crippen LogP contribution >= 0.6 is 11.3 Å². The Morgan fingerprint density at radius 1 is 0.338 bits per heavy atom. The van der Waals surface area contributed by atoms with Crippen molar-refractivity contribution in [2.75, 3.05) is 4.90 Å². The monoisotopic (exact) mass is 880 g/mol. The van der Waals surface area contributed by atoms with Crippen molar-refractivity contribution in [1.29, 1.82) is 0 Å². The Kier molecular flexibility index (Phi) is 7.90. The zero-order chi connectivity index (χ0) is 44.5. The predicted octanol–water partition coefficient (Wildman–Crippen LogP) is 17.8. The van der Waals surface area contributed by atoms with Crippen LogP contribution in [0.4, 0.5) is 17.1 Å². The van der Waals surface area contributed by atoms with E-state index in [4.69, 9.17) is 0 Å². The topological polar surface area (TPSA) is 8.17 Å². The molecular weight excluding hydrogens is 841 g/mol. The molecule has 0 unspecified atom stereocenters. The van der Waals surface area contributed by atoms with Crippen LogP contribution in [0.15, 0.2) is 243 Å². The van der Waals surface area contributed by atoms with E-state index in [1.165, 1.54) is 108 Å². The highest BCUT2D eigenvalue weighted by Crippen LogP contribution is 2.64. The van der Waals surface area contributed by atoms with Gasteiger partial charge in [0.1, 0.15) is 0 Å². The number of benzene rings is 11. The van der Waals surface area contributed by atoms with Crippen molar-refractivity contribution >= 4 is 81.1 Å². The molecule has 2 aromatic heterocycles. The molecule has 0 radical (unpaired) electrons. The van der Waals surface area contributed by atoms with Crippen molar-refractivity contribution in [3.05, 3.63) is 265 Å². The fourth-order valence-corrected chi connectivity index (χ4v) is 13.2. The highest BCUT2D eigenvalue weighted by Gasteiger charge is 2.52. The van der Waals surface area contributed by atoms with Gasteiger partial charge in [0.15, 0.2) is 0 Å². The number of anilines is 3. The molecule has 0 atom stereocenters. The lowest BCUT2D eigenvalue weighted by Crippen LogP contribution is -2.26. The van der Waals surface area contributed by atoms with Crippen molar-refractivity contribution in [2.24, 2.45) is 0 Å². The summed E-state index contributed by atoms with van der Waals surface area (Å²) in [6, 6.07) is 90.7. The highest BCUT2D eigenvalue weighted by molar-refractivity contribution is 7.25. The van der Waals surface area contributed by atoms with Gasteiger partial charge in [0.25, 0.3) is 0 Å². The van der Waals surface area contributed by atoms with E-state index in [1.807, 2.05) is 11.3 Å². The van der Waals surface area contributed by atoms with Crippen LogP contribution in [-0.4, -0.2) is 4.57 Å². The first-order valence-electron chi connectivity index (χ1n) is 23.5. The molecule has 0 bridgehead atoms. The summed E-state index contributed by atoms with van der Waals surface area (Å²) in [6.07, 6.45) is 0. The normalized spacial score (nSPS) is 13.1. The standard InChI is InChI=1S/C65H40N2S/c1-2-17-48-42(14-1)30-36-58-64(48)54-35-33-47(40-59(54)65(58)56-23-8-3-18-49(56)50-19-4-9-24-57(50)65)66(46-34-37-63-55(39-46)53-22-7-12-27-62(53)68-63)45-16-13-15-43(38-45)41-28-31-44(32-29-41)67-60-25-10-5-20-51(60)52-21-6-11-26-61(52)67/h1-40H. The molecule has 2 nitrogen and oxygen atoms in total. The third-order valence-corrected chi connectivity index (χ3v) is 16.1. The number of para-hydroxylation sites is 2. The van der Waals surface area contributed by atoms with Gasteiger partial charge in [0, 0.05) is 53.7 Å². The van der Waals surface area contributed by atoms with E-state index in [2.05, 4.69) is 252 Å². The maximum atomic E-state index is 2.52. The van der Waals surface area contributed by atoms with Crippen molar-refractivity contribution in [3.63, 3.8) is 0 Å². The minimum Gasteiger partial charge on any atom is -0.310 e. The first kappa shape index (κ1) is 37.7. The summed E-state index contributed by atoms with van der Waals surface area (Å²) in [5.41, 5.74) is 19.4. The second-order valence-corrected chi connectivity index (χ2v) is 19.4. The zero-order valence-corrected chi connectivity index (χ0v) is 37.7. The van der Waals surface area contributed by atoms with E-state index in [0.717, 1.165) is 22.7 Å². The summed E-state index contributed by atoms with van der Waals surface area (Å²) in [4.78, 5) is 2.49. The van der Waals surface area contributed by atoms with Crippen LogP contribution < -0.4 is 4.90 Å². The van der Waals surface area contributed by atoms with E-state index in [9.17, 15) is 0 Å². The van der Waals surface area contributed by atoms with Crippen LogP contribution in [0.3, 0.4) is 0 Å². The van der Waals surface area contributed by atoms with Crippen molar-refractivity contribution in [3.8, 4) is 39.1 Å². The minimum absolute atomic E-state index is 0.489. The summed E-state index contributed by atoms with van der Waals surface area (Å²) in [5.74, 6) is 0. The third kappa shape index (κ3) is 5.17. The van der Waals surface area contributed by atoms with E-state index < -0.39 is 5.41 Å². The maximum absolute atomic E-state index is 2.52. The van der Waals surface area contributed by atoms with E-state index in [1.54, 1.807) is 0 Å². The molecule has 2 aliphatic carbocycles. The highest BCUT2D eigenvalue weighted by atomic mass is 32.1. The predicted molar refractivity (Wildman–Crippen MR) is 288 cm³/mol. The van der Waals surface area contributed by atoms with Crippen LogP contribution in [0, 0.1) is 0 Å². The molecule has 0 saturated heterocycles. The number of fused-ring (bicyclic) bond motifs is 18. The molecule has 3 heteroatoms. The van der Waals surface area contributed by atoms with Gasteiger partial charge in [0.2, 0.25) is 0 Å². The summed E-state index contributed by atoms with van der Waals surface area (Å²) in [6.45, 7) is 0. The lowest BCUT2D eigenvalue weighted by Gasteiger charge is -2.32. The Hall–Kier alpha value is -8.50. The summed E-state index contributed by atoms with van der Waals surface area (Å²) in [5, 5.41) is 7.66. The van der Waals surface area contributed by atoms with Gasteiger partial charge in [-0.05, 0) is 139 Å². The average Bonchev–Trinajstić information content (AvgIpc) is 4.13. The van der Waals surface area contributed by atoms with Crippen molar-refractivity contribution in [2.45, 2.75) is 5.41 Å². The summed E-state index contributed by atoms with van der Waals surface area (Å²) < 4.78 is 4.99. The van der Waals surface area contributed by atoms with E-state index in [0.29, 0.717) is 0 Å². The van der Waals surface area contributed by atoms with Crippen molar-refractivity contribution < 1.29 is 0 Å². The van der Waals surface area contributed by atoms with E-state index in [-0.39, 0.29) is 0 Å². The number of rotatable bonds is 5. The molecule has 2 aliphatic rings. The molecule has 11 aromatic carbocycles. The number of thiophene rings is 1. The van der Waals surface area contributed by atoms with E-state index >= 15 is 0 Å². The number of hydrogen-bond acceptors (Lipinski definition) is 2. The second kappa shape index (κ2) is 14.3. The second-order valence-electron chi connectivity index (χ2n) is 18.4. The van der Waals surface area contributed by atoms with Gasteiger partial charge >= 0.3 is 0 Å². The Labute approximate surface area is 397 Å². The summed E-state index contributed by atoms with van der Waals surface area (Å²) >= 11 is 1.86. The maximum Gasteiger partial charge on any atom is 0.0726 e. The number of nitrogens with zero attached hydrogens (tertiary/aromatic N) is 2. The van der Waals surface area contributed by atoms with Gasteiger partial charge in [-0.1, -0.05) is 170 Å². The fraction of sp³-hybridized carbons (Fsp3) is 0.0154. The van der Waals surface area contributed by atoms with Gasteiger partial charge in [-0.25, -0.2) is 0 Å². The zero-order valence-electron chi connectivity index (χ0n) is 36.9. The van der Waals surface area contributed by atoms with Gasteiger partial charge in [-0.3, -0.25) is 0 Å². The molecule has 0 aliphatic heterocycles. The molecule has 2 heterocycles.